The second-order valence-electron chi connectivity index (χ2n) is 2.60. The van der Waals surface area contributed by atoms with E-state index in [4.69, 9.17) is 5.73 Å². The smallest absolute Gasteiger partial charge is 0.0342 e. The van der Waals surface area contributed by atoms with Gasteiger partial charge in [-0.2, -0.15) is 0 Å². The van der Waals surface area contributed by atoms with Crippen molar-refractivity contribution in [3.8, 4) is 10.4 Å². The summed E-state index contributed by atoms with van der Waals surface area (Å²) >= 11 is 1.74. The van der Waals surface area contributed by atoms with Crippen molar-refractivity contribution in [2.75, 3.05) is 5.73 Å². The number of thiophene rings is 1. The Morgan fingerprint density at radius 3 is 2.23 bits per heavy atom. The van der Waals surface area contributed by atoms with Gasteiger partial charge < -0.3 is 5.73 Å². The van der Waals surface area contributed by atoms with Crippen LogP contribution in [0.1, 0.15) is 0 Å². The number of anilines is 1. The van der Waals surface area contributed by atoms with E-state index in [1.165, 1.54) is 10.4 Å². The van der Waals surface area contributed by atoms with E-state index in [-0.39, 0.29) is 12.4 Å². The summed E-state index contributed by atoms with van der Waals surface area (Å²) in [5, 5.41) is 2.08. The average Bonchev–Trinajstić information content (AvgIpc) is 2.58. The van der Waals surface area contributed by atoms with Crippen LogP contribution in [0.25, 0.3) is 10.4 Å². The molecule has 0 saturated carbocycles. The van der Waals surface area contributed by atoms with Gasteiger partial charge in [-0.1, -0.05) is 18.2 Å². The van der Waals surface area contributed by atoms with Crippen molar-refractivity contribution in [1.29, 1.82) is 0 Å². The van der Waals surface area contributed by atoms with Gasteiger partial charge in [0, 0.05) is 10.6 Å². The number of nitrogen functional groups attached to an aromatic ring is 1. The number of rotatable bonds is 1. The highest BCUT2D eigenvalue weighted by molar-refractivity contribution is 7.13. The molecule has 1 heterocycles. The van der Waals surface area contributed by atoms with E-state index < -0.39 is 0 Å². The maximum Gasteiger partial charge on any atom is 0.0342 e. The summed E-state index contributed by atoms with van der Waals surface area (Å²) in [6.45, 7) is 0. The predicted molar refractivity (Wildman–Crippen MR) is 61.4 cm³/mol. The van der Waals surface area contributed by atoms with Crippen molar-refractivity contribution in [3.05, 3.63) is 41.8 Å². The summed E-state index contributed by atoms with van der Waals surface area (Å²) in [5.74, 6) is 0. The molecule has 0 amide bonds. The molecule has 3 heteroatoms. The van der Waals surface area contributed by atoms with E-state index >= 15 is 0 Å². The molecule has 2 aromatic rings. The molecule has 2 rings (SSSR count). The van der Waals surface area contributed by atoms with Crippen LogP contribution < -0.4 is 5.73 Å². The van der Waals surface area contributed by atoms with Crippen LogP contribution >= 0.6 is 23.7 Å². The van der Waals surface area contributed by atoms with Crippen LogP contribution in [-0.2, 0) is 0 Å². The molecule has 0 fully saturated rings. The van der Waals surface area contributed by atoms with Crippen molar-refractivity contribution in [2.45, 2.75) is 0 Å². The van der Waals surface area contributed by atoms with Gasteiger partial charge in [-0.05, 0) is 29.1 Å². The topological polar surface area (TPSA) is 26.0 Å². The fourth-order valence-electron chi connectivity index (χ4n) is 1.09. The number of hydrogen-bond donors (Lipinski definition) is 1. The van der Waals surface area contributed by atoms with Crippen molar-refractivity contribution >= 4 is 29.4 Å². The van der Waals surface area contributed by atoms with E-state index in [2.05, 4.69) is 17.5 Å². The fourth-order valence-corrected chi connectivity index (χ4v) is 1.82. The highest BCUT2D eigenvalue weighted by Crippen LogP contribution is 2.24. The quantitative estimate of drug-likeness (QED) is 0.719. The summed E-state index contributed by atoms with van der Waals surface area (Å²) in [4.78, 5) is 1.29. The second kappa shape index (κ2) is 4.30. The van der Waals surface area contributed by atoms with Gasteiger partial charge in [-0.25, -0.2) is 0 Å². The molecule has 0 saturated heterocycles. The van der Waals surface area contributed by atoms with Crippen LogP contribution in [-0.4, -0.2) is 0 Å². The molecular formula is C10H10ClNS. The van der Waals surface area contributed by atoms with Gasteiger partial charge in [0.25, 0.3) is 0 Å². The van der Waals surface area contributed by atoms with Crippen molar-refractivity contribution < 1.29 is 0 Å². The summed E-state index contributed by atoms with van der Waals surface area (Å²) in [7, 11) is 0. The van der Waals surface area contributed by atoms with E-state index in [0.29, 0.717) is 0 Å². The molecule has 68 valence electrons. The largest absolute Gasteiger partial charge is 0.399 e. The zero-order valence-electron chi connectivity index (χ0n) is 6.94. The molecule has 0 atom stereocenters. The zero-order valence-corrected chi connectivity index (χ0v) is 8.57. The summed E-state index contributed by atoms with van der Waals surface area (Å²) in [6, 6.07) is 12.1. The molecule has 0 bridgehead atoms. The van der Waals surface area contributed by atoms with Crippen LogP contribution in [0.15, 0.2) is 41.8 Å². The lowest BCUT2D eigenvalue weighted by molar-refractivity contribution is 1.68. The number of hydrogen-bond acceptors (Lipinski definition) is 2. The van der Waals surface area contributed by atoms with Gasteiger partial charge in [0.1, 0.15) is 0 Å². The van der Waals surface area contributed by atoms with E-state index in [0.717, 1.165) is 5.69 Å². The summed E-state index contributed by atoms with van der Waals surface area (Å²) < 4.78 is 0. The minimum absolute atomic E-state index is 0. The molecular weight excluding hydrogens is 202 g/mol. The Labute approximate surface area is 87.6 Å². The Morgan fingerprint density at radius 1 is 1.00 bits per heavy atom. The fraction of sp³-hybridized carbons (Fsp3) is 0. The van der Waals surface area contributed by atoms with Crippen LogP contribution in [0.3, 0.4) is 0 Å². The van der Waals surface area contributed by atoms with Gasteiger partial charge >= 0.3 is 0 Å². The Kier molecular flexibility index (Phi) is 3.34. The Bertz CT molecular complexity index is 353. The molecule has 1 aromatic carbocycles. The first-order chi connectivity index (χ1) is 5.86. The Balaban J connectivity index is 0.000000845. The van der Waals surface area contributed by atoms with Crippen LogP contribution in [0.4, 0.5) is 5.69 Å². The highest BCUT2D eigenvalue weighted by atomic mass is 35.5. The average molecular weight is 212 g/mol. The van der Waals surface area contributed by atoms with Crippen molar-refractivity contribution in [2.24, 2.45) is 0 Å². The summed E-state index contributed by atoms with van der Waals surface area (Å²) in [6.07, 6.45) is 0. The lowest BCUT2D eigenvalue weighted by atomic mass is 10.2. The van der Waals surface area contributed by atoms with Gasteiger partial charge in [0.15, 0.2) is 0 Å². The van der Waals surface area contributed by atoms with Crippen LogP contribution in [0.5, 0.6) is 0 Å². The Morgan fingerprint density at radius 2 is 1.69 bits per heavy atom. The third kappa shape index (κ3) is 2.23. The maximum atomic E-state index is 5.58. The second-order valence-corrected chi connectivity index (χ2v) is 3.55. The normalized spacial score (nSPS) is 9.23. The van der Waals surface area contributed by atoms with Gasteiger partial charge in [-0.3, -0.25) is 0 Å². The molecule has 0 radical (unpaired) electrons. The lowest BCUT2D eigenvalue weighted by Crippen LogP contribution is -1.82. The standard InChI is InChI=1S/C10H9NS.ClH/c11-9-5-3-8(4-6-9)10-2-1-7-12-10;/h1-7H,11H2;1H. The molecule has 1 nitrogen and oxygen atoms in total. The SMILES string of the molecule is Cl.Nc1ccc(-c2cccs2)cc1. The third-order valence-electron chi connectivity index (χ3n) is 1.72. The monoisotopic (exact) mass is 211 g/mol. The maximum absolute atomic E-state index is 5.58. The van der Waals surface area contributed by atoms with Gasteiger partial charge in [0.05, 0.1) is 0 Å². The minimum atomic E-state index is 0. The van der Waals surface area contributed by atoms with E-state index in [9.17, 15) is 0 Å². The Hall–Kier alpha value is -0.990. The number of halogens is 1. The van der Waals surface area contributed by atoms with E-state index in [1.807, 2.05) is 24.3 Å². The molecule has 0 aliphatic rings. The van der Waals surface area contributed by atoms with Gasteiger partial charge in [-0.15, -0.1) is 23.7 Å². The third-order valence-corrected chi connectivity index (χ3v) is 2.64. The minimum Gasteiger partial charge on any atom is -0.399 e. The molecule has 2 N–H and O–H groups in total. The number of nitrogens with two attached hydrogens (primary N) is 1. The summed E-state index contributed by atoms with van der Waals surface area (Å²) in [5.41, 5.74) is 7.63. The molecule has 0 spiro atoms. The highest BCUT2D eigenvalue weighted by Gasteiger charge is 1.95. The predicted octanol–water partition coefficient (Wildman–Crippen LogP) is 3.42. The zero-order chi connectivity index (χ0) is 8.39. The van der Waals surface area contributed by atoms with E-state index in [1.54, 1.807) is 11.3 Å². The molecule has 0 unspecified atom stereocenters. The van der Waals surface area contributed by atoms with Crippen molar-refractivity contribution in [3.63, 3.8) is 0 Å². The first-order valence-electron chi connectivity index (χ1n) is 3.76. The molecule has 0 aliphatic carbocycles. The molecule has 1 aromatic heterocycles. The molecule has 0 aliphatic heterocycles. The first-order valence-corrected chi connectivity index (χ1v) is 4.63. The number of benzene rings is 1. The first kappa shape index (κ1) is 10.1. The van der Waals surface area contributed by atoms with Crippen LogP contribution in [0.2, 0.25) is 0 Å². The van der Waals surface area contributed by atoms with Crippen molar-refractivity contribution in [1.82, 2.24) is 0 Å². The van der Waals surface area contributed by atoms with Crippen LogP contribution in [0, 0.1) is 0 Å². The lowest BCUT2D eigenvalue weighted by Gasteiger charge is -1.96. The molecule has 13 heavy (non-hydrogen) atoms. The van der Waals surface area contributed by atoms with Gasteiger partial charge in [0.2, 0.25) is 0 Å².